The molecule has 0 aromatic carbocycles. The third-order valence-corrected chi connectivity index (χ3v) is 2.34. The summed E-state index contributed by atoms with van der Waals surface area (Å²) in [4.78, 5) is 2.82. The monoisotopic (exact) mass is 189 g/mol. The van der Waals surface area contributed by atoms with Gasteiger partial charge in [-0.15, -0.1) is 34.0 Å². The van der Waals surface area contributed by atoms with Gasteiger partial charge >= 0.3 is 5.68 Å². The molecule has 0 rings (SSSR count). The molecule has 0 heterocycles. The molecular formula is C2H7BCl3NSi. The Bertz CT molecular complexity index is 72.2. The van der Waals surface area contributed by atoms with Crippen LogP contribution in [0.2, 0.25) is 13.1 Å². The maximum absolute atomic E-state index is 5.79. The molecule has 0 bridgehead atoms. The van der Waals surface area contributed by atoms with Crippen molar-refractivity contribution in [3.05, 3.63) is 0 Å². The van der Waals surface area contributed by atoms with Gasteiger partial charge in [0.05, 0.1) is 0 Å². The zero-order valence-corrected chi connectivity index (χ0v) is 7.98. The normalized spacial score (nSPS) is 11.6. The molecule has 0 aromatic heterocycles. The molecule has 6 heteroatoms. The molecule has 48 valence electrons. The number of rotatable bonds is 2. The number of nitrogens with one attached hydrogen (secondary N) is 1. The molecule has 0 aliphatic rings. The minimum absolute atomic E-state index is 0.533. The van der Waals surface area contributed by atoms with E-state index < -0.39 is 13.2 Å². The first-order chi connectivity index (χ1) is 3.42. The van der Waals surface area contributed by atoms with E-state index >= 15 is 0 Å². The number of hydrogen-bond donors (Lipinski definition) is 1. The highest BCUT2D eigenvalue weighted by molar-refractivity contribution is 7.38. The molecule has 0 unspecified atom stereocenters. The van der Waals surface area contributed by atoms with Gasteiger partial charge in [0.25, 0.3) is 0 Å². The molecule has 0 spiro atoms. The van der Waals surface area contributed by atoms with Crippen molar-refractivity contribution in [2.75, 3.05) is 0 Å². The van der Waals surface area contributed by atoms with Gasteiger partial charge in [-0.2, -0.15) is 0 Å². The average Bonchev–Trinajstić information content (AvgIpc) is 1.21. The van der Waals surface area contributed by atoms with Crippen molar-refractivity contribution in [1.82, 2.24) is 4.89 Å². The highest BCUT2D eigenvalue weighted by Crippen LogP contribution is 2.05. The summed E-state index contributed by atoms with van der Waals surface area (Å²) >= 11 is 16.5. The molecule has 0 saturated heterocycles. The SMILES string of the molecule is C[Si](C)(Cl)NB(Cl)Cl. The highest BCUT2D eigenvalue weighted by Gasteiger charge is 2.21. The zero-order chi connectivity index (χ0) is 6.78. The van der Waals surface area contributed by atoms with E-state index in [1.54, 1.807) is 0 Å². The Morgan fingerprint density at radius 1 is 1.38 bits per heavy atom. The van der Waals surface area contributed by atoms with E-state index in [1.807, 2.05) is 13.1 Å². The fourth-order valence-electron chi connectivity index (χ4n) is 0.259. The summed E-state index contributed by atoms with van der Waals surface area (Å²) in [5.41, 5.74) is -0.533. The van der Waals surface area contributed by atoms with Gasteiger partial charge in [0.1, 0.15) is 0 Å². The lowest BCUT2D eigenvalue weighted by molar-refractivity contribution is 1.49. The van der Waals surface area contributed by atoms with E-state index in [0.29, 0.717) is 0 Å². The molecule has 0 fully saturated rings. The van der Waals surface area contributed by atoms with Gasteiger partial charge in [0, 0.05) is 0 Å². The average molecular weight is 190 g/mol. The van der Waals surface area contributed by atoms with E-state index in [0.717, 1.165) is 0 Å². The Balaban J connectivity index is 3.39. The van der Waals surface area contributed by atoms with E-state index in [1.165, 1.54) is 0 Å². The molecule has 0 atom stereocenters. The second-order valence-corrected chi connectivity index (χ2v) is 9.08. The predicted molar refractivity (Wildman–Crippen MR) is 43.9 cm³/mol. The van der Waals surface area contributed by atoms with Crippen molar-refractivity contribution < 1.29 is 0 Å². The van der Waals surface area contributed by atoms with Crippen LogP contribution in [0.4, 0.5) is 0 Å². The van der Waals surface area contributed by atoms with Crippen LogP contribution in [0.25, 0.3) is 0 Å². The summed E-state index contributed by atoms with van der Waals surface area (Å²) in [6.45, 7) is 3.82. The van der Waals surface area contributed by atoms with Crippen molar-refractivity contribution in [3.8, 4) is 0 Å². The van der Waals surface area contributed by atoms with Gasteiger partial charge in [-0.3, -0.25) is 0 Å². The second kappa shape index (κ2) is 3.32. The molecular weight excluding hydrogens is 183 g/mol. The largest absolute Gasteiger partial charge is 0.426 e. The Labute approximate surface area is 65.4 Å². The van der Waals surface area contributed by atoms with Crippen molar-refractivity contribution in [1.29, 1.82) is 0 Å². The van der Waals surface area contributed by atoms with Crippen molar-refractivity contribution in [2.24, 2.45) is 0 Å². The quantitative estimate of drug-likeness (QED) is 0.518. The van der Waals surface area contributed by atoms with Crippen LogP contribution >= 0.6 is 34.0 Å². The Hall–Kier alpha value is 1.11. The summed E-state index contributed by atoms with van der Waals surface area (Å²) in [5, 5.41) is 0. The number of halogens is 3. The molecule has 8 heavy (non-hydrogen) atoms. The predicted octanol–water partition coefficient (Wildman–Crippen LogP) is 1.98. The fraction of sp³-hybridized carbons (Fsp3) is 1.00. The lowest BCUT2D eigenvalue weighted by Crippen LogP contribution is -2.43. The van der Waals surface area contributed by atoms with Crippen LogP contribution in [0.5, 0.6) is 0 Å². The first-order valence-corrected chi connectivity index (χ1v) is 7.05. The smallest absolute Gasteiger partial charge is 0.339 e. The molecule has 0 aliphatic heterocycles. The fourth-order valence-corrected chi connectivity index (χ4v) is 3.08. The van der Waals surface area contributed by atoms with Crippen molar-refractivity contribution >= 4 is 47.2 Å². The summed E-state index contributed by atoms with van der Waals surface area (Å²) in [6.07, 6.45) is 0. The van der Waals surface area contributed by atoms with Crippen LogP contribution in [0.1, 0.15) is 0 Å². The van der Waals surface area contributed by atoms with Crippen molar-refractivity contribution in [3.63, 3.8) is 0 Å². The summed E-state index contributed by atoms with van der Waals surface area (Å²) in [5.74, 6) is 0. The summed E-state index contributed by atoms with van der Waals surface area (Å²) in [6, 6.07) is 0. The zero-order valence-electron chi connectivity index (χ0n) is 4.71. The van der Waals surface area contributed by atoms with E-state index in [-0.39, 0.29) is 0 Å². The second-order valence-electron chi connectivity index (χ2n) is 1.92. The molecule has 1 nitrogen and oxygen atoms in total. The number of hydrogen-bond acceptors (Lipinski definition) is 1. The minimum Gasteiger partial charge on any atom is -0.339 e. The van der Waals surface area contributed by atoms with E-state index in [9.17, 15) is 0 Å². The van der Waals surface area contributed by atoms with Gasteiger partial charge in [-0.05, 0) is 13.1 Å². The molecule has 0 aliphatic carbocycles. The lowest BCUT2D eigenvalue weighted by Gasteiger charge is -2.13. The van der Waals surface area contributed by atoms with E-state index in [2.05, 4.69) is 4.89 Å². The van der Waals surface area contributed by atoms with Crippen LogP contribution in [-0.2, 0) is 0 Å². The first-order valence-electron chi connectivity index (χ1n) is 2.16. The molecule has 0 saturated carbocycles. The topological polar surface area (TPSA) is 12.0 Å². The van der Waals surface area contributed by atoms with Crippen LogP contribution in [0.3, 0.4) is 0 Å². The van der Waals surface area contributed by atoms with Crippen LogP contribution in [-0.4, -0.2) is 13.2 Å². The lowest BCUT2D eigenvalue weighted by atomic mass is 10.4. The summed E-state index contributed by atoms with van der Waals surface area (Å²) < 4.78 is 0. The van der Waals surface area contributed by atoms with Gasteiger partial charge in [0.2, 0.25) is 7.55 Å². The Kier molecular flexibility index (Phi) is 3.78. The third-order valence-electron chi connectivity index (χ3n) is 0.452. The van der Waals surface area contributed by atoms with Crippen molar-refractivity contribution in [2.45, 2.75) is 13.1 Å². The molecule has 0 aromatic rings. The van der Waals surface area contributed by atoms with Gasteiger partial charge in [-0.1, -0.05) is 0 Å². The Morgan fingerprint density at radius 2 is 1.75 bits per heavy atom. The maximum Gasteiger partial charge on any atom is 0.426 e. The molecule has 0 radical (unpaired) electrons. The van der Waals surface area contributed by atoms with Crippen LogP contribution < -0.4 is 4.89 Å². The molecule has 0 amide bonds. The third kappa shape index (κ3) is 7.11. The van der Waals surface area contributed by atoms with Crippen LogP contribution in [0, 0.1) is 0 Å². The van der Waals surface area contributed by atoms with Gasteiger partial charge < -0.3 is 4.89 Å². The highest BCUT2D eigenvalue weighted by atomic mass is 35.6. The molecule has 1 N–H and O–H groups in total. The minimum atomic E-state index is -1.76. The standard InChI is InChI=1S/C2H7BCl3NSi/c1-8(2,6)7-3(4)5/h7H,1-2H3. The van der Waals surface area contributed by atoms with E-state index in [4.69, 9.17) is 34.0 Å². The van der Waals surface area contributed by atoms with Crippen LogP contribution in [0.15, 0.2) is 0 Å². The first kappa shape index (κ1) is 9.11. The van der Waals surface area contributed by atoms with Gasteiger partial charge in [0.15, 0.2) is 0 Å². The van der Waals surface area contributed by atoms with Gasteiger partial charge in [-0.25, -0.2) is 0 Å². The Morgan fingerprint density at radius 3 is 1.75 bits per heavy atom. The maximum atomic E-state index is 5.79. The summed E-state index contributed by atoms with van der Waals surface area (Å²) in [7, 11) is -1.76.